The zero-order valence-corrected chi connectivity index (χ0v) is 15.3. The van der Waals surface area contributed by atoms with E-state index in [-0.39, 0.29) is 30.2 Å². The first-order valence-electron chi connectivity index (χ1n) is 9.67. The van der Waals surface area contributed by atoms with Gasteiger partial charge in [0.25, 0.3) is 0 Å². The second-order valence-electron chi connectivity index (χ2n) is 7.24. The molecule has 142 valence electrons. The van der Waals surface area contributed by atoms with E-state index in [1.165, 1.54) is 12.1 Å². The van der Waals surface area contributed by atoms with E-state index in [0.717, 1.165) is 50.8 Å². The highest BCUT2D eigenvalue weighted by Crippen LogP contribution is 2.24. The van der Waals surface area contributed by atoms with Crippen molar-refractivity contribution in [1.29, 1.82) is 0 Å². The van der Waals surface area contributed by atoms with Gasteiger partial charge < -0.3 is 10.2 Å². The third kappa shape index (κ3) is 5.04. The average molecular weight is 361 g/mol. The van der Waals surface area contributed by atoms with Crippen molar-refractivity contribution in [1.82, 2.24) is 15.1 Å². The molecule has 2 fully saturated rings. The molecule has 2 amide bonds. The number of carbonyl (C=O) groups is 2. The molecule has 0 saturated carbocycles. The van der Waals surface area contributed by atoms with Gasteiger partial charge in [-0.25, -0.2) is 4.39 Å². The van der Waals surface area contributed by atoms with Crippen LogP contribution in [0.15, 0.2) is 24.3 Å². The molecule has 26 heavy (non-hydrogen) atoms. The smallest absolute Gasteiger partial charge is 0.239 e. The molecule has 6 heteroatoms. The number of carbonyl (C=O) groups excluding carboxylic acids is 2. The summed E-state index contributed by atoms with van der Waals surface area (Å²) >= 11 is 0. The Bertz CT molecular complexity index is 614. The first-order chi connectivity index (χ1) is 12.6. The molecule has 5 nitrogen and oxygen atoms in total. The quantitative estimate of drug-likeness (QED) is 0.847. The minimum atomic E-state index is -0.252. The molecule has 2 aliphatic heterocycles. The number of nitrogens with one attached hydrogen (secondary N) is 1. The van der Waals surface area contributed by atoms with Crippen molar-refractivity contribution in [3.8, 4) is 0 Å². The molecule has 2 saturated heterocycles. The number of likely N-dealkylation sites (tertiary alicyclic amines) is 2. The molecule has 1 aromatic carbocycles. The van der Waals surface area contributed by atoms with Crippen LogP contribution in [0.1, 0.15) is 50.1 Å². The summed E-state index contributed by atoms with van der Waals surface area (Å²) in [6.07, 6.45) is 5.76. The molecule has 0 spiro atoms. The second kappa shape index (κ2) is 9.12. The molecule has 0 radical (unpaired) electrons. The van der Waals surface area contributed by atoms with E-state index in [4.69, 9.17) is 0 Å². The van der Waals surface area contributed by atoms with Crippen molar-refractivity contribution in [2.45, 2.75) is 44.6 Å². The van der Waals surface area contributed by atoms with Crippen molar-refractivity contribution < 1.29 is 14.0 Å². The van der Waals surface area contributed by atoms with E-state index in [9.17, 15) is 14.0 Å². The molecule has 2 heterocycles. The summed E-state index contributed by atoms with van der Waals surface area (Å²) in [5.41, 5.74) is 1.01. The monoisotopic (exact) mass is 361 g/mol. The normalized spacial score (nSPS) is 20.0. The van der Waals surface area contributed by atoms with Crippen LogP contribution < -0.4 is 5.32 Å². The Morgan fingerprint density at radius 3 is 2.46 bits per heavy atom. The van der Waals surface area contributed by atoms with Gasteiger partial charge in [0.2, 0.25) is 11.8 Å². The van der Waals surface area contributed by atoms with Gasteiger partial charge in [0.15, 0.2) is 0 Å². The Balaban J connectivity index is 1.59. The van der Waals surface area contributed by atoms with Crippen LogP contribution in [0.4, 0.5) is 4.39 Å². The van der Waals surface area contributed by atoms with Gasteiger partial charge in [-0.1, -0.05) is 18.6 Å². The predicted molar refractivity (Wildman–Crippen MR) is 98.0 cm³/mol. The van der Waals surface area contributed by atoms with Gasteiger partial charge in [0.05, 0.1) is 12.6 Å². The highest BCUT2D eigenvalue weighted by molar-refractivity contribution is 5.84. The van der Waals surface area contributed by atoms with Crippen molar-refractivity contribution in [2.75, 3.05) is 32.7 Å². The first kappa shape index (κ1) is 18.8. The maximum Gasteiger partial charge on any atom is 0.239 e. The molecule has 1 unspecified atom stereocenters. The van der Waals surface area contributed by atoms with Crippen molar-refractivity contribution in [2.24, 2.45) is 0 Å². The van der Waals surface area contributed by atoms with E-state index in [2.05, 4.69) is 10.2 Å². The van der Waals surface area contributed by atoms with Gasteiger partial charge in [-0.15, -0.1) is 0 Å². The molecule has 1 atom stereocenters. The summed E-state index contributed by atoms with van der Waals surface area (Å²) in [5, 5.41) is 2.99. The summed E-state index contributed by atoms with van der Waals surface area (Å²) in [6, 6.07) is 6.57. The van der Waals surface area contributed by atoms with Gasteiger partial charge in [-0.3, -0.25) is 14.5 Å². The van der Waals surface area contributed by atoms with Gasteiger partial charge in [-0.05, 0) is 56.5 Å². The minimum Gasteiger partial charge on any atom is -0.353 e. The fourth-order valence-electron chi connectivity index (χ4n) is 3.84. The second-order valence-corrected chi connectivity index (χ2v) is 7.24. The Hall–Kier alpha value is -1.95. The van der Waals surface area contributed by atoms with Gasteiger partial charge in [0, 0.05) is 19.5 Å². The third-order valence-corrected chi connectivity index (χ3v) is 5.33. The molecular formula is C20H28FN3O2. The van der Waals surface area contributed by atoms with E-state index in [0.29, 0.717) is 19.5 Å². The molecule has 2 aliphatic rings. The van der Waals surface area contributed by atoms with Crippen LogP contribution in [0.2, 0.25) is 0 Å². The fourth-order valence-corrected chi connectivity index (χ4v) is 3.84. The molecule has 0 bridgehead atoms. The maximum absolute atomic E-state index is 13.3. The van der Waals surface area contributed by atoms with Crippen molar-refractivity contribution in [3.05, 3.63) is 35.6 Å². The summed E-state index contributed by atoms with van der Waals surface area (Å²) < 4.78 is 13.3. The van der Waals surface area contributed by atoms with Gasteiger partial charge in [0.1, 0.15) is 5.82 Å². The van der Waals surface area contributed by atoms with Gasteiger partial charge >= 0.3 is 0 Å². The van der Waals surface area contributed by atoms with E-state index in [1.807, 2.05) is 0 Å². The van der Waals surface area contributed by atoms with Crippen LogP contribution in [0.5, 0.6) is 0 Å². The average Bonchev–Trinajstić information content (AvgIpc) is 3.08. The Morgan fingerprint density at radius 1 is 1.04 bits per heavy atom. The molecule has 1 N–H and O–H groups in total. The Labute approximate surface area is 154 Å². The summed E-state index contributed by atoms with van der Waals surface area (Å²) in [4.78, 5) is 28.5. The number of rotatable bonds is 6. The minimum absolute atomic E-state index is 0.0434. The van der Waals surface area contributed by atoms with Crippen LogP contribution in [-0.4, -0.2) is 54.3 Å². The first-order valence-corrected chi connectivity index (χ1v) is 9.67. The number of hydrogen-bond acceptors (Lipinski definition) is 3. The molecule has 0 aromatic heterocycles. The van der Waals surface area contributed by atoms with Crippen LogP contribution in [0, 0.1) is 5.82 Å². The number of halogens is 1. The lowest BCUT2D eigenvalue weighted by Crippen LogP contribution is -2.43. The number of benzene rings is 1. The van der Waals surface area contributed by atoms with E-state index >= 15 is 0 Å². The van der Waals surface area contributed by atoms with Crippen LogP contribution in [0.3, 0.4) is 0 Å². The lowest BCUT2D eigenvalue weighted by molar-refractivity contribution is -0.135. The van der Waals surface area contributed by atoms with Crippen LogP contribution in [0.25, 0.3) is 0 Å². The summed E-state index contributed by atoms with van der Waals surface area (Å²) in [6.45, 7) is 3.26. The lowest BCUT2D eigenvalue weighted by atomic mass is 10.1. The maximum atomic E-state index is 13.3. The van der Waals surface area contributed by atoms with Crippen LogP contribution in [-0.2, 0) is 9.59 Å². The number of amides is 2. The number of hydrogen-bond donors (Lipinski definition) is 1. The van der Waals surface area contributed by atoms with E-state index < -0.39 is 0 Å². The zero-order valence-electron chi connectivity index (χ0n) is 15.3. The largest absolute Gasteiger partial charge is 0.353 e. The standard InChI is InChI=1S/C20H28FN3O2/c21-17-9-7-16(8-10-17)18(23-11-4-5-12-23)14-22-19(25)15-24-13-3-1-2-6-20(24)26/h7-10,18H,1-6,11-15H2,(H,22,25). The molecule has 3 rings (SSSR count). The number of nitrogens with zero attached hydrogens (tertiary/aromatic N) is 2. The lowest BCUT2D eigenvalue weighted by Gasteiger charge is -2.29. The van der Waals surface area contributed by atoms with Crippen molar-refractivity contribution >= 4 is 11.8 Å². The molecule has 1 aromatic rings. The fraction of sp³-hybridized carbons (Fsp3) is 0.600. The highest BCUT2D eigenvalue weighted by atomic mass is 19.1. The van der Waals surface area contributed by atoms with E-state index in [1.54, 1.807) is 17.0 Å². The topological polar surface area (TPSA) is 52.7 Å². The van der Waals surface area contributed by atoms with Crippen LogP contribution >= 0.6 is 0 Å². The third-order valence-electron chi connectivity index (χ3n) is 5.33. The SMILES string of the molecule is O=C(CN1CCCCCC1=O)NCC(c1ccc(F)cc1)N1CCCC1. The predicted octanol–water partition coefficient (Wildman–Crippen LogP) is 2.48. The molecule has 0 aliphatic carbocycles. The molecular weight excluding hydrogens is 333 g/mol. The summed E-state index contributed by atoms with van der Waals surface area (Å²) in [5.74, 6) is -0.295. The zero-order chi connectivity index (χ0) is 18.4. The van der Waals surface area contributed by atoms with Gasteiger partial charge in [-0.2, -0.15) is 0 Å². The van der Waals surface area contributed by atoms with Crippen molar-refractivity contribution in [3.63, 3.8) is 0 Å². The Morgan fingerprint density at radius 2 is 1.73 bits per heavy atom. The summed E-state index contributed by atoms with van der Waals surface area (Å²) in [7, 11) is 0. The Kier molecular flexibility index (Phi) is 6.61. The highest BCUT2D eigenvalue weighted by Gasteiger charge is 2.25.